The molecule has 0 bridgehead atoms. The number of hydrogen-bond acceptors (Lipinski definition) is 2. The Morgan fingerprint density at radius 2 is 2.38 bits per heavy atom. The van der Waals surface area contributed by atoms with Crippen molar-refractivity contribution in [2.45, 2.75) is 25.8 Å². The monoisotopic (exact) mass is 223 g/mol. The van der Waals surface area contributed by atoms with Gasteiger partial charge in [0, 0.05) is 12.6 Å². The van der Waals surface area contributed by atoms with Crippen molar-refractivity contribution in [1.82, 2.24) is 0 Å². The second-order valence-electron chi connectivity index (χ2n) is 4.56. The van der Waals surface area contributed by atoms with Crippen molar-refractivity contribution >= 4 is 0 Å². The topological polar surface area (TPSA) is 35.2 Å². The van der Waals surface area contributed by atoms with Gasteiger partial charge in [-0.1, -0.05) is 6.07 Å². The fraction of sp³-hybridized carbons (Fsp3) is 0.538. The van der Waals surface area contributed by atoms with Crippen molar-refractivity contribution in [1.29, 1.82) is 0 Å². The molecule has 3 heteroatoms. The molecule has 88 valence electrons. The van der Waals surface area contributed by atoms with E-state index in [0.29, 0.717) is 5.92 Å². The number of ether oxygens (including phenoxy) is 1. The lowest BCUT2D eigenvalue weighted by atomic mass is 9.92. The Kier molecular flexibility index (Phi) is 3.56. The van der Waals surface area contributed by atoms with Crippen LogP contribution in [0, 0.1) is 18.7 Å². The summed E-state index contributed by atoms with van der Waals surface area (Å²) in [7, 11) is 0. The van der Waals surface area contributed by atoms with E-state index in [0.717, 1.165) is 37.2 Å². The van der Waals surface area contributed by atoms with Crippen LogP contribution in [0.25, 0.3) is 0 Å². The second-order valence-corrected chi connectivity index (χ2v) is 4.56. The molecule has 0 radical (unpaired) electrons. The molecule has 0 aliphatic carbocycles. The maximum atomic E-state index is 12.9. The molecule has 1 aromatic carbocycles. The van der Waals surface area contributed by atoms with Gasteiger partial charge in [-0.15, -0.1) is 0 Å². The van der Waals surface area contributed by atoms with Crippen molar-refractivity contribution in [3.05, 3.63) is 35.1 Å². The molecule has 1 aliphatic heterocycles. The molecule has 1 aromatic rings. The van der Waals surface area contributed by atoms with Crippen LogP contribution in [0.15, 0.2) is 18.2 Å². The molecule has 1 heterocycles. The number of hydrogen-bond donors (Lipinski definition) is 1. The van der Waals surface area contributed by atoms with Crippen LogP contribution in [-0.4, -0.2) is 19.3 Å². The summed E-state index contributed by atoms with van der Waals surface area (Å²) < 4.78 is 18.3. The predicted molar refractivity (Wildman–Crippen MR) is 61.7 cm³/mol. The van der Waals surface area contributed by atoms with E-state index in [1.807, 2.05) is 13.0 Å². The SMILES string of the molecule is Cc1cc(F)ccc1CC(N)C1CCOC1. The Morgan fingerprint density at radius 3 is 3.00 bits per heavy atom. The average Bonchev–Trinajstić information content (AvgIpc) is 2.75. The Bertz CT molecular complexity index is 361. The fourth-order valence-corrected chi connectivity index (χ4v) is 2.20. The summed E-state index contributed by atoms with van der Waals surface area (Å²) in [5.41, 5.74) is 8.26. The van der Waals surface area contributed by atoms with Crippen molar-refractivity contribution < 1.29 is 9.13 Å². The molecule has 0 amide bonds. The van der Waals surface area contributed by atoms with Crippen molar-refractivity contribution in [3.8, 4) is 0 Å². The first-order valence-corrected chi connectivity index (χ1v) is 5.75. The maximum absolute atomic E-state index is 12.9. The van der Waals surface area contributed by atoms with Gasteiger partial charge in [-0.05, 0) is 48.9 Å². The number of halogens is 1. The summed E-state index contributed by atoms with van der Waals surface area (Å²) in [6.45, 7) is 3.51. The van der Waals surface area contributed by atoms with Gasteiger partial charge in [0.05, 0.1) is 6.61 Å². The van der Waals surface area contributed by atoms with Gasteiger partial charge in [-0.2, -0.15) is 0 Å². The summed E-state index contributed by atoms with van der Waals surface area (Å²) in [5.74, 6) is 0.267. The molecule has 1 saturated heterocycles. The first-order chi connectivity index (χ1) is 7.66. The molecule has 2 N–H and O–H groups in total. The van der Waals surface area contributed by atoms with Crippen molar-refractivity contribution in [3.63, 3.8) is 0 Å². The van der Waals surface area contributed by atoms with Gasteiger partial charge in [-0.25, -0.2) is 4.39 Å². The molecular formula is C13H18FNO. The smallest absolute Gasteiger partial charge is 0.123 e. The molecule has 2 atom stereocenters. The van der Waals surface area contributed by atoms with Gasteiger partial charge < -0.3 is 10.5 Å². The number of rotatable bonds is 3. The van der Waals surface area contributed by atoms with E-state index in [4.69, 9.17) is 10.5 Å². The van der Waals surface area contributed by atoms with Crippen LogP contribution < -0.4 is 5.73 Å². The third-order valence-corrected chi connectivity index (χ3v) is 3.33. The van der Waals surface area contributed by atoms with Gasteiger partial charge in [0.1, 0.15) is 5.82 Å². The largest absolute Gasteiger partial charge is 0.381 e. The minimum Gasteiger partial charge on any atom is -0.381 e. The van der Waals surface area contributed by atoms with Gasteiger partial charge in [0.25, 0.3) is 0 Å². The van der Waals surface area contributed by atoms with Crippen LogP contribution >= 0.6 is 0 Å². The molecule has 1 aliphatic rings. The Labute approximate surface area is 95.6 Å². The lowest BCUT2D eigenvalue weighted by Gasteiger charge is -2.18. The Hall–Kier alpha value is -0.930. The molecule has 2 nitrogen and oxygen atoms in total. The number of benzene rings is 1. The van der Waals surface area contributed by atoms with E-state index in [2.05, 4.69) is 0 Å². The summed E-state index contributed by atoms with van der Waals surface area (Å²) in [5, 5.41) is 0. The fourth-order valence-electron chi connectivity index (χ4n) is 2.20. The standard InChI is InChI=1S/C13H18FNO/c1-9-6-12(14)3-2-10(9)7-13(15)11-4-5-16-8-11/h2-3,6,11,13H,4-5,7-8,15H2,1H3. The zero-order valence-corrected chi connectivity index (χ0v) is 9.58. The van der Waals surface area contributed by atoms with Crippen LogP contribution in [0.5, 0.6) is 0 Å². The molecule has 0 saturated carbocycles. The van der Waals surface area contributed by atoms with Crippen LogP contribution in [0.3, 0.4) is 0 Å². The highest BCUT2D eigenvalue weighted by Gasteiger charge is 2.23. The summed E-state index contributed by atoms with van der Waals surface area (Å²) in [4.78, 5) is 0. The summed E-state index contributed by atoms with van der Waals surface area (Å²) in [6, 6.07) is 5.01. The van der Waals surface area contributed by atoms with E-state index >= 15 is 0 Å². The lowest BCUT2D eigenvalue weighted by Crippen LogP contribution is -2.32. The van der Waals surface area contributed by atoms with Crippen LogP contribution in [0.4, 0.5) is 4.39 Å². The normalized spacial score (nSPS) is 22.3. The third-order valence-electron chi connectivity index (χ3n) is 3.33. The highest BCUT2D eigenvalue weighted by atomic mass is 19.1. The minimum atomic E-state index is -0.181. The first-order valence-electron chi connectivity index (χ1n) is 5.75. The Balaban J connectivity index is 2.02. The van der Waals surface area contributed by atoms with Gasteiger partial charge in [-0.3, -0.25) is 0 Å². The molecule has 2 unspecified atom stereocenters. The lowest BCUT2D eigenvalue weighted by molar-refractivity contribution is 0.180. The maximum Gasteiger partial charge on any atom is 0.123 e. The van der Waals surface area contributed by atoms with Gasteiger partial charge in [0.2, 0.25) is 0 Å². The third kappa shape index (κ3) is 2.60. The minimum absolute atomic E-state index is 0.117. The van der Waals surface area contributed by atoms with Crippen molar-refractivity contribution in [2.24, 2.45) is 11.7 Å². The second kappa shape index (κ2) is 4.93. The molecule has 2 rings (SSSR count). The average molecular weight is 223 g/mol. The number of aryl methyl sites for hydroxylation is 1. The van der Waals surface area contributed by atoms with Crippen molar-refractivity contribution in [2.75, 3.05) is 13.2 Å². The zero-order chi connectivity index (χ0) is 11.5. The van der Waals surface area contributed by atoms with E-state index in [1.54, 1.807) is 6.07 Å². The molecular weight excluding hydrogens is 205 g/mol. The summed E-state index contributed by atoms with van der Waals surface area (Å²) in [6.07, 6.45) is 1.85. The van der Waals surface area contributed by atoms with Gasteiger partial charge >= 0.3 is 0 Å². The van der Waals surface area contributed by atoms with E-state index in [-0.39, 0.29) is 11.9 Å². The molecule has 16 heavy (non-hydrogen) atoms. The molecule has 1 fully saturated rings. The van der Waals surface area contributed by atoms with Crippen LogP contribution in [-0.2, 0) is 11.2 Å². The number of nitrogens with two attached hydrogens (primary N) is 1. The van der Waals surface area contributed by atoms with Gasteiger partial charge in [0.15, 0.2) is 0 Å². The summed E-state index contributed by atoms with van der Waals surface area (Å²) >= 11 is 0. The van der Waals surface area contributed by atoms with Crippen LogP contribution in [0.1, 0.15) is 17.5 Å². The van der Waals surface area contributed by atoms with Crippen LogP contribution in [0.2, 0.25) is 0 Å². The molecule has 0 aromatic heterocycles. The van der Waals surface area contributed by atoms with E-state index in [1.165, 1.54) is 6.07 Å². The Morgan fingerprint density at radius 1 is 1.56 bits per heavy atom. The van der Waals surface area contributed by atoms with E-state index in [9.17, 15) is 4.39 Å². The highest BCUT2D eigenvalue weighted by Crippen LogP contribution is 2.20. The first kappa shape index (κ1) is 11.6. The molecule has 0 spiro atoms. The zero-order valence-electron chi connectivity index (χ0n) is 9.58. The van der Waals surface area contributed by atoms with E-state index < -0.39 is 0 Å². The predicted octanol–water partition coefficient (Wildman–Crippen LogP) is 2.04. The highest BCUT2D eigenvalue weighted by molar-refractivity contribution is 5.27. The quantitative estimate of drug-likeness (QED) is 0.851.